The van der Waals surface area contributed by atoms with Crippen LogP contribution in [0.15, 0.2) is 30.5 Å². The topological polar surface area (TPSA) is 44.1 Å². The van der Waals surface area contributed by atoms with Crippen LogP contribution in [0.25, 0.3) is 0 Å². The Bertz CT molecular complexity index is 598. The molecule has 0 aliphatic rings. The number of carbonyl (C=O) groups is 1. The molecule has 1 heterocycles. The van der Waals surface area contributed by atoms with Crippen molar-refractivity contribution in [1.29, 1.82) is 0 Å². The number of carbonyl (C=O) groups excluding carboxylic acids is 1. The molecular formula is C13H13BrN2O2S. The lowest BCUT2D eigenvalue weighted by molar-refractivity contribution is 0.109. The molecule has 0 aliphatic heterocycles. The van der Waals surface area contributed by atoms with Gasteiger partial charge in [-0.1, -0.05) is 25.1 Å². The van der Waals surface area contributed by atoms with Crippen LogP contribution in [0.1, 0.15) is 28.4 Å². The van der Waals surface area contributed by atoms with E-state index in [1.807, 2.05) is 19.1 Å². The van der Waals surface area contributed by atoms with Crippen molar-refractivity contribution in [2.75, 3.05) is 0 Å². The molecule has 1 aromatic carbocycles. The van der Waals surface area contributed by atoms with E-state index in [1.54, 1.807) is 18.3 Å². The Labute approximate surface area is 125 Å². The molecule has 0 N–H and O–H groups in total. The molecule has 0 atom stereocenters. The first-order valence-electron chi connectivity index (χ1n) is 5.80. The van der Waals surface area contributed by atoms with Gasteiger partial charge in [0.25, 0.3) is 0 Å². The third-order valence-electron chi connectivity index (χ3n) is 2.78. The van der Waals surface area contributed by atoms with E-state index in [2.05, 4.69) is 33.8 Å². The van der Waals surface area contributed by atoms with Gasteiger partial charge in [0, 0.05) is 23.4 Å². The number of thiol groups is 1. The number of nitrogens with zero attached hydrogens (tertiary/aromatic N) is 2. The standard InChI is InChI=1S/C13H13BrN2O2S/c1-2-9-4-3-5-10(13(14)17)11(9)8-18-12-6-7-16(19)15-12/h3-7,19H,2,8H2,1H3. The maximum atomic E-state index is 11.6. The summed E-state index contributed by atoms with van der Waals surface area (Å²) in [4.78, 5) is 11.6. The molecule has 0 saturated heterocycles. The van der Waals surface area contributed by atoms with Gasteiger partial charge in [-0.15, -0.1) is 5.10 Å². The summed E-state index contributed by atoms with van der Waals surface area (Å²) in [5.74, 6) is 0.480. The molecule has 6 heteroatoms. The number of aromatic nitrogens is 2. The lowest BCUT2D eigenvalue weighted by Crippen LogP contribution is -2.06. The molecular weight excluding hydrogens is 328 g/mol. The molecule has 4 nitrogen and oxygen atoms in total. The molecule has 100 valence electrons. The monoisotopic (exact) mass is 340 g/mol. The number of ether oxygens (including phenoxy) is 1. The van der Waals surface area contributed by atoms with Crippen LogP contribution in [0.3, 0.4) is 0 Å². The number of benzene rings is 1. The fourth-order valence-electron chi connectivity index (χ4n) is 1.84. The highest BCUT2D eigenvalue weighted by atomic mass is 79.9. The summed E-state index contributed by atoms with van der Waals surface area (Å²) in [6.07, 6.45) is 2.52. The molecule has 0 unspecified atom stereocenters. The van der Waals surface area contributed by atoms with Crippen molar-refractivity contribution in [3.63, 3.8) is 0 Å². The van der Waals surface area contributed by atoms with Crippen molar-refractivity contribution in [3.8, 4) is 5.88 Å². The van der Waals surface area contributed by atoms with E-state index in [9.17, 15) is 4.79 Å². The summed E-state index contributed by atoms with van der Waals surface area (Å²) in [5, 5.41) is 4.02. The van der Waals surface area contributed by atoms with Crippen molar-refractivity contribution in [2.24, 2.45) is 0 Å². The molecule has 2 aromatic rings. The molecule has 0 fully saturated rings. The van der Waals surface area contributed by atoms with Gasteiger partial charge in [-0.25, -0.2) is 4.09 Å². The molecule has 0 aliphatic carbocycles. The highest BCUT2D eigenvalue weighted by Crippen LogP contribution is 2.20. The molecule has 0 amide bonds. The van der Waals surface area contributed by atoms with Crippen LogP contribution in [0.2, 0.25) is 0 Å². The zero-order valence-corrected chi connectivity index (χ0v) is 12.8. The van der Waals surface area contributed by atoms with Crippen LogP contribution in [0, 0.1) is 0 Å². The van der Waals surface area contributed by atoms with E-state index in [1.165, 1.54) is 4.09 Å². The van der Waals surface area contributed by atoms with Crippen LogP contribution in [-0.2, 0) is 13.0 Å². The predicted molar refractivity (Wildman–Crippen MR) is 80.0 cm³/mol. The maximum absolute atomic E-state index is 11.6. The van der Waals surface area contributed by atoms with Crippen LogP contribution in [0.4, 0.5) is 0 Å². The maximum Gasteiger partial charge on any atom is 0.234 e. The average Bonchev–Trinajstić information content (AvgIpc) is 2.81. The van der Waals surface area contributed by atoms with Crippen LogP contribution >= 0.6 is 28.7 Å². The third-order valence-corrected chi connectivity index (χ3v) is 3.43. The van der Waals surface area contributed by atoms with Gasteiger partial charge in [0.15, 0.2) is 0 Å². The minimum Gasteiger partial charge on any atom is -0.472 e. The molecule has 1 aromatic heterocycles. The Balaban J connectivity index is 2.25. The van der Waals surface area contributed by atoms with Gasteiger partial charge in [-0.3, -0.25) is 4.79 Å². The van der Waals surface area contributed by atoms with Crippen LogP contribution < -0.4 is 4.74 Å². The van der Waals surface area contributed by atoms with Gasteiger partial charge in [0.1, 0.15) is 6.61 Å². The summed E-state index contributed by atoms with van der Waals surface area (Å²) in [5.41, 5.74) is 2.61. The number of halogens is 1. The first-order valence-corrected chi connectivity index (χ1v) is 6.99. The summed E-state index contributed by atoms with van der Waals surface area (Å²) in [7, 11) is 0. The van der Waals surface area contributed by atoms with Crippen molar-refractivity contribution >= 4 is 33.4 Å². The second kappa shape index (κ2) is 6.25. The van der Waals surface area contributed by atoms with Gasteiger partial charge >= 0.3 is 0 Å². The van der Waals surface area contributed by atoms with E-state index in [0.717, 1.165) is 17.5 Å². The quantitative estimate of drug-likeness (QED) is 0.671. The van der Waals surface area contributed by atoms with Crippen molar-refractivity contribution in [2.45, 2.75) is 20.0 Å². The number of hydrogen-bond donors (Lipinski definition) is 1. The minimum atomic E-state index is -0.138. The number of aryl methyl sites for hydroxylation is 1. The second-order valence-electron chi connectivity index (χ2n) is 3.93. The molecule has 0 bridgehead atoms. The SMILES string of the molecule is CCc1cccc(C(=O)Br)c1COc1ccn(S)n1. The normalized spacial score (nSPS) is 10.5. The van der Waals surface area contributed by atoms with E-state index in [4.69, 9.17) is 4.74 Å². The fourth-order valence-corrected chi connectivity index (χ4v) is 2.37. The van der Waals surface area contributed by atoms with Gasteiger partial charge in [0.2, 0.25) is 10.6 Å². The number of hydrogen-bond acceptors (Lipinski definition) is 4. The molecule has 0 radical (unpaired) electrons. The average molecular weight is 341 g/mol. The first kappa shape index (κ1) is 14.1. The zero-order chi connectivity index (χ0) is 13.8. The largest absolute Gasteiger partial charge is 0.472 e. The lowest BCUT2D eigenvalue weighted by atomic mass is 10.0. The number of rotatable bonds is 5. The highest BCUT2D eigenvalue weighted by molar-refractivity contribution is 9.18. The van der Waals surface area contributed by atoms with Gasteiger partial charge in [-0.2, -0.15) is 0 Å². The van der Waals surface area contributed by atoms with Crippen LogP contribution in [-0.4, -0.2) is 13.9 Å². The Morgan fingerprint density at radius 1 is 1.47 bits per heavy atom. The predicted octanol–water partition coefficient (Wildman–Crippen LogP) is 3.25. The second-order valence-corrected chi connectivity index (χ2v) is 5.06. The third kappa shape index (κ3) is 3.39. The Morgan fingerprint density at radius 3 is 2.84 bits per heavy atom. The van der Waals surface area contributed by atoms with Gasteiger partial charge in [0.05, 0.1) is 0 Å². The van der Waals surface area contributed by atoms with Crippen molar-refractivity contribution < 1.29 is 9.53 Å². The fraction of sp³-hybridized carbons (Fsp3) is 0.231. The molecule has 2 rings (SSSR count). The summed E-state index contributed by atoms with van der Waals surface area (Å²) >= 11 is 7.04. The van der Waals surface area contributed by atoms with E-state index in [-0.39, 0.29) is 4.69 Å². The minimum absolute atomic E-state index is 0.138. The van der Waals surface area contributed by atoms with Crippen molar-refractivity contribution in [1.82, 2.24) is 9.19 Å². The van der Waals surface area contributed by atoms with Gasteiger partial charge in [-0.05, 0) is 40.7 Å². The van der Waals surface area contributed by atoms with Crippen LogP contribution in [0.5, 0.6) is 5.88 Å². The van der Waals surface area contributed by atoms with Crippen molar-refractivity contribution in [3.05, 3.63) is 47.2 Å². The highest BCUT2D eigenvalue weighted by Gasteiger charge is 2.13. The molecule has 0 saturated carbocycles. The van der Waals surface area contributed by atoms with Gasteiger partial charge < -0.3 is 4.74 Å². The molecule has 0 spiro atoms. The summed E-state index contributed by atoms with van der Waals surface area (Å²) < 4.78 is 6.83. The summed E-state index contributed by atoms with van der Waals surface area (Å²) in [6.45, 7) is 2.35. The Morgan fingerprint density at radius 2 is 2.26 bits per heavy atom. The summed E-state index contributed by atoms with van der Waals surface area (Å²) in [6, 6.07) is 7.37. The smallest absolute Gasteiger partial charge is 0.234 e. The van der Waals surface area contributed by atoms with E-state index >= 15 is 0 Å². The Hall–Kier alpha value is -1.27. The zero-order valence-electron chi connectivity index (χ0n) is 10.3. The first-order chi connectivity index (χ1) is 9.11. The lowest BCUT2D eigenvalue weighted by Gasteiger charge is -2.11. The van der Waals surface area contributed by atoms with E-state index in [0.29, 0.717) is 18.1 Å². The molecule has 19 heavy (non-hydrogen) atoms. The van der Waals surface area contributed by atoms with E-state index < -0.39 is 0 Å². The Kier molecular flexibility index (Phi) is 4.66.